The maximum absolute atomic E-state index is 10.8. The van der Waals surface area contributed by atoms with Gasteiger partial charge in [-0.3, -0.25) is 0 Å². The minimum Gasteiger partial charge on any atom is -0.494 e. The number of rotatable bonds is 6. The molecule has 0 saturated heterocycles. The van der Waals surface area contributed by atoms with Gasteiger partial charge in [-0.2, -0.15) is 0 Å². The molecule has 0 aliphatic carbocycles. The highest BCUT2D eigenvalue weighted by molar-refractivity contribution is 5.84. The first-order valence-electron chi connectivity index (χ1n) is 6.32. The molecule has 0 bridgehead atoms. The molecule has 5 nitrogen and oxygen atoms in total. The number of benzene rings is 1. The molecule has 2 rings (SSSR count). The Kier molecular flexibility index (Phi) is 4.30. The Balaban J connectivity index is 2.08. The van der Waals surface area contributed by atoms with E-state index in [1.807, 2.05) is 19.1 Å². The zero-order valence-electron chi connectivity index (χ0n) is 11.3. The highest BCUT2D eigenvalue weighted by atomic mass is 16.5. The number of carboxylic acid groups (broad SMARTS) is 1. The van der Waals surface area contributed by atoms with Gasteiger partial charge in [0.1, 0.15) is 17.3 Å². The standard InChI is InChI=1S/C15H16O5/c1-3-18-11-5-4-6-12(9-11)19-10(2)13-7-8-14(20-13)15(16)17/h4-10H,3H2,1-2H3,(H,16,17). The van der Waals surface area contributed by atoms with Crippen LogP contribution in [0.3, 0.4) is 0 Å². The van der Waals surface area contributed by atoms with E-state index in [4.69, 9.17) is 19.0 Å². The van der Waals surface area contributed by atoms with Crippen LogP contribution < -0.4 is 9.47 Å². The summed E-state index contributed by atoms with van der Waals surface area (Å²) in [6, 6.07) is 10.3. The van der Waals surface area contributed by atoms with Gasteiger partial charge in [0.25, 0.3) is 0 Å². The topological polar surface area (TPSA) is 68.9 Å². The summed E-state index contributed by atoms with van der Waals surface area (Å²) in [5.41, 5.74) is 0. The zero-order valence-corrected chi connectivity index (χ0v) is 11.3. The fourth-order valence-electron chi connectivity index (χ4n) is 1.75. The Labute approximate surface area is 116 Å². The fourth-order valence-corrected chi connectivity index (χ4v) is 1.75. The summed E-state index contributed by atoms with van der Waals surface area (Å²) in [5.74, 6) is 0.629. The molecule has 1 aromatic heterocycles. The van der Waals surface area contributed by atoms with Crippen molar-refractivity contribution in [2.75, 3.05) is 6.61 Å². The van der Waals surface area contributed by atoms with Crippen LogP contribution in [0.5, 0.6) is 11.5 Å². The number of furan rings is 1. The van der Waals surface area contributed by atoms with Crippen LogP contribution in [0, 0.1) is 0 Å². The summed E-state index contributed by atoms with van der Waals surface area (Å²) < 4.78 is 16.3. The van der Waals surface area contributed by atoms with Crippen LogP contribution >= 0.6 is 0 Å². The van der Waals surface area contributed by atoms with Crippen molar-refractivity contribution in [3.8, 4) is 11.5 Å². The van der Waals surface area contributed by atoms with Gasteiger partial charge in [-0.1, -0.05) is 6.07 Å². The van der Waals surface area contributed by atoms with Crippen molar-refractivity contribution in [2.24, 2.45) is 0 Å². The third-order valence-electron chi connectivity index (χ3n) is 2.67. The predicted molar refractivity (Wildman–Crippen MR) is 72.3 cm³/mol. The van der Waals surface area contributed by atoms with E-state index in [-0.39, 0.29) is 11.9 Å². The number of carboxylic acids is 1. The largest absolute Gasteiger partial charge is 0.494 e. The van der Waals surface area contributed by atoms with E-state index in [1.54, 1.807) is 25.1 Å². The van der Waals surface area contributed by atoms with Gasteiger partial charge < -0.3 is 19.0 Å². The highest BCUT2D eigenvalue weighted by Gasteiger charge is 2.15. The van der Waals surface area contributed by atoms with E-state index in [0.29, 0.717) is 18.1 Å². The van der Waals surface area contributed by atoms with Gasteiger partial charge in [0.05, 0.1) is 6.61 Å². The van der Waals surface area contributed by atoms with E-state index in [9.17, 15) is 4.79 Å². The lowest BCUT2D eigenvalue weighted by atomic mass is 10.3. The third-order valence-corrected chi connectivity index (χ3v) is 2.67. The summed E-state index contributed by atoms with van der Waals surface area (Å²) in [5, 5.41) is 8.81. The van der Waals surface area contributed by atoms with Crippen LogP contribution in [-0.4, -0.2) is 17.7 Å². The number of carbonyl (C=O) groups is 1. The fraction of sp³-hybridized carbons (Fsp3) is 0.267. The minimum absolute atomic E-state index is 0.0986. The number of hydrogen-bond acceptors (Lipinski definition) is 4. The lowest BCUT2D eigenvalue weighted by Crippen LogP contribution is -2.02. The van der Waals surface area contributed by atoms with Gasteiger partial charge in [0, 0.05) is 6.07 Å². The third kappa shape index (κ3) is 3.32. The first kappa shape index (κ1) is 14.0. The van der Waals surface area contributed by atoms with Gasteiger partial charge in [0.15, 0.2) is 6.10 Å². The highest BCUT2D eigenvalue weighted by Crippen LogP contribution is 2.26. The molecule has 20 heavy (non-hydrogen) atoms. The summed E-state index contributed by atoms with van der Waals surface area (Å²) in [4.78, 5) is 10.8. The van der Waals surface area contributed by atoms with Crippen LogP contribution in [0.25, 0.3) is 0 Å². The van der Waals surface area contributed by atoms with Crippen molar-refractivity contribution in [2.45, 2.75) is 20.0 Å². The van der Waals surface area contributed by atoms with Crippen molar-refractivity contribution in [3.63, 3.8) is 0 Å². The minimum atomic E-state index is -1.10. The number of hydrogen-bond donors (Lipinski definition) is 1. The molecule has 0 amide bonds. The molecule has 1 heterocycles. The summed E-state index contributed by atoms with van der Waals surface area (Å²) >= 11 is 0. The van der Waals surface area contributed by atoms with Crippen molar-refractivity contribution in [1.29, 1.82) is 0 Å². The Hall–Kier alpha value is -2.43. The Bertz CT molecular complexity index is 587. The zero-order chi connectivity index (χ0) is 14.5. The molecule has 0 radical (unpaired) electrons. The molecule has 0 fully saturated rings. The molecule has 0 saturated carbocycles. The lowest BCUT2D eigenvalue weighted by molar-refractivity contribution is 0.0655. The van der Waals surface area contributed by atoms with Gasteiger partial charge in [-0.25, -0.2) is 4.79 Å². The van der Waals surface area contributed by atoms with E-state index in [0.717, 1.165) is 5.75 Å². The summed E-state index contributed by atoms with van der Waals surface area (Å²) in [7, 11) is 0. The van der Waals surface area contributed by atoms with Crippen molar-refractivity contribution < 1.29 is 23.8 Å². The van der Waals surface area contributed by atoms with E-state index < -0.39 is 5.97 Å². The molecule has 1 aromatic carbocycles. The molecule has 1 unspecified atom stereocenters. The Morgan fingerprint density at radius 1 is 1.30 bits per heavy atom. The average molecular weight is 276 g/mol. The maximum atomic E-state index is 10.8. The van der Waals surface area contributed by atoms with Gasteiger partial charge >= 0.3 is 5.97 Å². The first-order chi connectivity index (χ1) is 9.60. The molecular weight excluding hydrogens is 260 g/mol. The second-order valence-corrected chi connectivity index (χ2v) is 4.18. The molecule has 1 N–H and O–H groups in total. The van der Waals surface area contributed by atoms with Gasteiger partial charge in [-0.15, -0.1) is 0 Å². The van der Waals surface area contributed by atoms with Crippen LogP contribution in [0.2, 0.25) is 0 Å². The Morgan fingerprint density at radius 3 is 2.70 bits per heavy atom. The Morgan fingerprint density at radius 2 is 2.05 bits per heavy atom. The van der Waals surface area contributed by atoms with Crippen molar-refractivity contribution in [1.82, 2.24) is 0 Å². The van der Waals surface area contributed by atoms with E-state index in [2.05, 4.69) is 0 Å². The summed E-state index contributed by atoms with van der Waals surface area (Å²) in [6.45, 7) is 4.28. The van der Waals surface area contributed by atoms with Gasteiger partial charge in [-0.05, 0) is 38.1 Å². The molecule has 0 aliphatic rings. The molecule has 0 aliphatic heterocycles. The number of aromatic carboxylic acids is 1. The smallest absolute Gasteiger partial charge is 0.371 e. The van der Waals surface area contributed by atoms with E-state index >= 15 is 0 Å². The normalized spacial score (nSPS) is 11.9. The van der Waals surface area contributed by atoms with Crippen LogP contribution in [0.4, 0.5) is 0 Å². The lowest BCUT2D eigenvalue weighted by Gasteiger charge is -2.13. The van der Waals surface area contributed by atoms with Crippen LogP contribution in [0.1, 0.15) is 36.3 Å². The van der Waals surface area contributed by atoms with Crippen molar-refractivity contribution >= 4 is 5.97 Å². The van der Waals surface area contributed by atoms with Crippen LogP contribution in [-0.2, 0) is 0 Å². The van der Waals surface area contributed by atoms with E-state index in [1.165, 1.54) is 6.07 Å². The molecule has 106 valence electrons. The average Bonchev–Trinajstić information content (AvgIpc) is 2.89. The summed E-state index contributed by atoms with van der Waals surface area (Å²) in [6.07, 6.45) is -0.389. The second-order valence-electron chi connectivity index (χ2n) is 4.18. The van der Waals surface area contributed by atoms with Gasteiger partial charge in [0.2, 0.25) is 5.76 Å². The molecule has 0 spiro atoms. The monoisotopic (exact) mass is 276 g/mol. The molecule has 2 aromatic rings. The first-order valence-corrected chi connectivity index (χ1v) is 6.32. The molecular formula is C15H16O5. The predicted octanol–water partition coefficient (Wildman–Crippen LogP) is 3.52. The molecule has 1 atom stereocenters. The number of ether oxygens (including phenoxy) is 2. The maximum Gasteiger partial charge on any atom is 0.371 e. The van der Waals surface area contributed by atoms with Crippen LogP contribution in [0.15, 0.2) is 40.8 Å². The second kappa shape index (κ2) is 6.14. The van der Waals surface area contributed by atoms with Crippen molar-refractivity contribution in [3.05, 3.63) is 47.9 Å². The quantitative estimate of drug-likeness (QED) is 0.874. The molecule has 5 heteroatoms. The SMILES string of the molecule is CCOc1cccc(OC(C)c2ccc(C(=O)O)o2)c1.